The molecule has 0 aliphatic carbocycles. The van der Waals surface area contributed by atoms with E-state index in [0.29, 0.717) is 19.6 Å². The lowest BCUT2D eigenvalue weighted by molar-refractivity contribution is -0.170. The molecule has 1 aromatic rings. The highest BCUT2D eigenvalue weighted by Gasteiger charge is 2.27. The Balaban J connectivity index is 2.38. The van der Waals surface area contributed by atoms with Crippen molar-refractivity contribution in [3.05, 3.63) is 35.9 Å². The zero-order valence-corrected chi connectivity index (χ0v) is 12.1. The molecule has 20 heavy (non-hydrogen) atoms. The average molecular weight is 284 g/mol. The topological polar surface area (TPSA) is 68.2 Å². The highest BCUT2D eigenvalue weighted by molar-refractivity contribution is 5.13. The third-order valence-corrected chi connectivity index (χ3v) is 3.20. The van der Waals surface area contributed by atoms with Crippen LogP contribution in [0.1, 0.15) is 12.0 Å². The highest BCUT2D eigenvalue weighted by atomic mass is 16.7. The van der Waals surface area contributed by atoms with Crippen LogP contribution in [0.15, 0.2) is 30.3 Å². The number of aliphatic hydroxyl groups excluding tert-OH is 2. The minimum atomic E-state index is -0.889. The molecule has 5 heteroatoms. The Morgan fingerprint density at radius 2 is 1.75 bits per heavy atom. The largest absolute Gasteiger partial charge is 0.394 e. The molecule has 1 aromatic carbocycles. The van der Waals surface area contributed by atoms with Crippen molar-refractivity contribution in [3.63, 3.8) is 0 Å². The third kappa shape index (κ3) is 5.56. The Kier molecular flexibility index (Phi) is 8.41. The monoisotopic (exact) mass is 284 g/mol. The summed E-state index contributed by atoms with van der Waals surface area (Å²) in [4.78, 5) is 0. The van der Waals surface area contributed by atoms with Gasteiger partial charge in [0.1, 0.15) is 0 Å². The van der Waals surface area contributed by atoms with Gasteiger partial charge in [-0.15, -0.1) is 0 Å². The van der Waals surface area contributed by atoms with Crippen LogP contribution < -0.4 is 0 Å². The maximum absolute atomic E-state index is 9.80. The SMILES string of the molecule is COC(OC)[C@@H](CCOCc1ccccc1)[C@@H](O)CO. The van der Waals surface area contributed by atoms with Gasteiger partial charge in [0.15, 0.2) is 6.29 Å². The second-order valence-corrected chi connectivity index (χ2v) is 4.58. The predicted molar refractivity (Wildman–Crippen MR) is 75.1 cm³/mol. The second-order valence-electron chi connectivity index (χ2n) is 4.58. The molecule has 0 fully saturated rings. The van der Waals surface area contributed by atoms with Crippen LogP contribution in [0.25, 0.3) is 0 Å². The van der Waals surface area contributed by atoms with Crippen molar-refractivity contribution in [1.29, 1.82) is 0 Å². The number of hydrogen-bond acceptors (Lipinski definition) is 5. The van der Waals surface area contributed by atoms with E-state index in [2.05, 4.69) is 0 Å². The quantitative estimate of drug-likeness (QED) is 0.499. The molecular weight excluding hydrogens is 260 g/mol. The molecule has 0 heterocycles. The zero-order chi connectivity index (χ0) is 14.8. The van der Waals surface area contributed by atoms with Gasteiger partial charge in [0.25, 0.3) is 0 Å². The maximum Gasteiger partial charge on any atom is 0.162 e. The Labute approximate surface area is 120 Å². The van der Waals surface area contributed by atoms with E-state index >= 15 is 0 Å². The summed E-state index contributed by atoms with van der Waals surface area (Å²) in [5.74, 6) is -0.328. The lowest BCUT2D eigenvalue weighted by Gasteiger charge is -2.27. The molecule has 0 unspecified atom stereocenters. The molecule has 0 amide bonds. The smallest absolute Gasteiger partial charge is 0.162 e. The summed E-state index contributed by atoms with van der Waals surface area (Å²) in [6, 6.07) is 9.87. The van der Waals surface area contributed by atoms with E-state index < -0.39 is 12.4 Å². The Morgan fingerprint density at radius 1 is 1.10 bits per heavy atom. The van der Waals surface area contributed by atoms with E-state index in [0.717, 1.165) is 5.56 Å². The summed E-state index contributed by atoms with van der Waals surface area (Å²) in [5, 5.41) is 18.9. The van der Waals surface area contributed by atoms with E-state index in [9.17, 15) is 5.11 Å². The lowest BCUT2D eigenvalue weighted by Crippen LogP contribution is -2.37. The molecule has 0 spiro atoms. The third-order valence-electron chi connectivity index (χ3n) is 3.20. The van der Waals surface area contributed by atoms with E-state index in [4.69, 9.17) is 19.3 Å². The van der Waals surface area contributed by atoms with E-state index in [-0.39, 0.29) is 12.5 Å². The Morgan fingerprint density at radius 3 is 2.30 bits per heavy atom. The van der Waals surface area contributed by atoms with Crippen molar-refractivity contribution in [1.82, 2.24) is 0 Å². The predicted octanol–water partition coefficient (Wildman–Crippen LogP) is 1.18. The van der Waals surface area contributed by atoms with Crippen LogP contribution in [-0.2, 0) is 20.8 Å². The first kappa shape index (κ1) is 17.1. The summed E-state index contributed by atoms with van der Waals surface area (Å²) in [6.45, 7) is 0.653. The van der Waals surface area contributed by atoms with Crippen LogP contribution in [0.4, 0.5) is 0 Å². The summed E-state index contributed by atoms with van der Waals surface area (Å²) in [6.07, 6.45) is -0.904. The van der Waals surface area contributed by atoms with Crippen LogP contribution in [0, 0.1) is 5.92 Å². The van der Waals surface area contributed by atoms with E-state index in [1.807, 2.05) is 30.3 Å². The fraction of sp³-hybridized carbons (Fsp3) is 0.600. The lowest BCUT2D eigenvalue weighted by atomic mass is 9.98. The minimum Gasteiger partial charge on any atom is -0.394 e. The van der Waals surface area contributed by atoms with Gasteiger partial charge in [-0.05, 0) is 12.0 Å². The molecular formula is C15H24O5. The van der Waals surface area contributed by atoms with Gasteiger partial charge in [-0.25, -0.2) is 0 Å². The summed E-state index contributed by atoms with van der Waals surface area (Å²) in [5.41, 5.74) is 1.10. The number of benzene rings is 1. The van der Waals surface area contributed by atoms with Crippen molar-refractivity contribution in [2.75, 3.05) is 27.4 Å². The molecule has 0 saturated heterocycles. The van der Waals surface area contributed by atoms with Crippen molar-refractivity contribution >= 4 is 0 Å². The summed E-state index contributed by atoms with van der Waals surface area (Å²) < 4.78 is 15.9. The molecule has 114 valence electrons. The van der Waals surface area contributed by atoms with Gasteiger partial charge >= 0.3 is 0 Å². The fourth-order valence-electron chi connectivity index (χ4n) is 2.07. The van der Waals surface area contributed by atoms with Crippen LogP contribution in [0.3, 0.4) is 0 Å². The molecule has 2 N–H and O–H groups in total. The molecule has 2 atom stereocenters. The molecule has 0 saturated carbocycles. The van der Waals surface area contributed by atoms with Gasteiger partial charge < -0.3 is 24.4 Å². The van der Waals surface area contributed by atoms with Crippen LogP contribution >= 0.6 is 0 Å². The number of aliphatic hydroxyl groups is 2. The van der Waals surface area contributed by atoms with Gasteiger partial charge in [-0.2, -0.15) is 0 Å². The van der Waals surface area contributed by atoms with Crippen LogP contribution in [0.2, 0.25) is 0 Å². The van der Waals surface area contributed by atoms with Crippen molar-refractivity contribution in [3.8, 4) is 0 Å². The van der Waals surface area contributed by atoms with Gasteiger partial charge in [-0.1, -0.05) is 30.3 Å². The molecule has 5 nitrogen and oxygen atoms in total. The number of hydrogen-bond donors (Lipinski definition) is 2. The van der Waals surface area contributed by atoms with Gasteiger partial charge in [0.2, 0.25) is 0 Å². The van der Waals surface area contributed by atoms with E-state index in [1.54, 1.807) is 0 Å². The number of ether oxygens (including phenoxy) is 3. The second kappa shape index (κ2) is 9.85. The molecule has 0 aliphatic heterocycles. The van der Waals surface area contributed by atoms with Crippen LogP contribution in [0.5, 0.6) is 0 Å². The van der Waals surface area contributed by atoms with Gasteiger partial charge in [-0.3, -0.25) is 0 Å². The van der Waals surface area contributed by atoms with Crippen molar-refractivity contribution in [2.45, 2.75) is 25.4 Å². The molecule has 0 aliphatic rings. The average Bonchev–Trinajstić information content (AvgIpc) is 2.50. The first-order valence-corrected chi connectivity index (χ1v) is 6.69. The minimum absolute atomic E-state index is 0.327. The zero-order valence-electron chi connectivity index (χ0n) is 12.1. The van der Waals surface area contributed by atoms with E-state index in [1.165, 1.54) is 14.2 Å². The van der Waals surface area contributed by atoms with Crippen LogP contribution in [-0.4, -0.2) is 50.0 Å². The summed E-state index contributed by atoms with van der Waals surface area (Å²) in [7, 11) is 3.02. The Hall–Kier alpha value is -0.980. The summed E-state index contributed by atoms with van der Waals surface area (Å²) >= 11 is 0. The number of methoxy groups -OCH3 is 2. The number of rotatable bonds is 10. The standard InChI is InChI=1S/C15H24O5/c1-18-15(19-2)13(14(17)10-16)8-9-20-11-12-6-4-3-5-7-12/h3-7,13-17H,8-11H2,1-2H3/t13-,14-/m0/s1. The normalized spacial score (nSPS) is 14.4. The molecule has 0 radical (unpaired) electrons. The highest BCUT2D eigenvalue weighted by Crippen LogP contribution is 2.18. The Bertz CT molecular complexity index is 339. The maximum atomic E-state index is 9.80. The fourth-order valence-corrected chi connectivity index (χ4v) is 2.07. The molecule has 0 bridgehead atoms. The first-order chi connectivity index (χ1) is 9.72. The molecule has 0 aromatic heterocycles. The first-order valence-electron chi connectivity index (χ1n) is 6.69. The van der Waals surface area contributed by atoms with Gasteiger partial charge in [0, 0.05) is 26.7 Å². The molecule has 1 rings (SSSR count). The van der Waals surface area contributed by atoms with Crippen molar-refractivity contribution in [2.24, 2.45) is 5.92 Å². The van der Waals surface area contributed by atoms with Crippen molar-refractivity contribution < 1.29 is 24.4 Å². The van der Waals surface area contributed by atoms with Gasteiger partial charge in [0.05, 0.1) is 19.3 Å².